The van der Waals surface area contributed by atoms with E-state index in [1.54, 1.807) is 6.07 Å². The Morgan fingerprint density at radius 1 is 1.33 bits per heavy atom. The third kappa shape index (κ3) is 2.12. The van der Waals surface area contributed by atoms with Crippen LogP contribution in [-0.4, -0.2) is 18.7 Å². The first-order chi connectivity index (χ1) is 8.74. The molecule has 1 aliphatic carbocycles. The van der Waals surface area contributed by atoms with Gasteiger partial charge in [-0.15, -0.1) is 0 Å². The van der Waals surface area contributed by atoms with Gasteiger partial charge in [-0.3, -0.25) is 4.79 Å². The number of halogens is 1. The van der Waals surface area contributed by atoms with Crippen LogP contribution in [0.3, 0.4) is 0 Å². The summed E-state index contributed by atoms with van der Waals surface area (Å²) in [5.74, 6) is 0.489. The van der Waals surface area contributed by atoms with Gasteiger partial charge in [-0.1, -0.05) is 24.4 Å². The van der Waals surface area contributed by atoms with Gasteiger partial charge in [0.05, 0.1) is 11.3 Å². The number of fused-ring (bicyclic) bond motifs is 1. The van der Waals surface area contributed by atoms with E-state index in [-0.39, 0.29) is 12.6 Å². The van der Waals surface area contributed by atoms with Crippen molar-refractivity contribution in [2.75, 3.05) is 12.0 Å². The molecule has 1 aliphatic heterocycles. The summed E-state index contributed by atoms with van der Waals surface area (Å²) in [7, 11) is 0. The Hall–Kier alpha value is -1.42. The van der Waals surface area contributed by atoms with E-state index in [4.69, 9.17) is 16.3 Å². The minimum absolute atomic E-state index is 0.131. The van der Waals surface area contributed by atoms with Crippen molar-refractivity contribution in [2.45, 2.75) is 31.7 Å². The molecule has 0 unspecified atom stereocenters. The summed E-state index contributed by atoms with van der Waals surface area (Å²) in [6, 6.07) is 3.93. The minimum atomic E-state index is -0.131. The van der Waals surface area contributed by atoms with Crippen LogP contribution in [0.15, 0.2) is 12.1 Å². The Bertz CT molecular complexity index is 484. The topological polar surface area (TPSA) is 50.4 Å². The predicted octanol–water partition coefficient (Wildman–Crippen LogP) is 2.77. The number of anilines is 1. The van der Waals surface area contributed by atoms with E-state index in [0.29, 0.717) is 22.4 Å². The number of benzene rings is 1. The van der Waals surface area contributed by atoms with E-state index in [1.165, 1.54) is 12.8 Å². The Morgan fingerprint density at radius 3 is 2.89 bits per heavy atom. The zero-order valence-corrected chi connectivity index (χ0v) is 10.7. The molecule has 1 aromatic rings. The fourth-order valence-electron chi connectivity index (χ4n) is 2.58. The first kappa shape index (κ1) is 11.7. The smallest absolute Gasteiger partial charge is 0.257 e. The summed E-state index contributed by atoms with van der Waals surface area (Å²) in [4.78, 5) is 11.7. The van der Waals surface area contributed by atoms with Crippen molar-refractivity contribution < 1.29 is 9.53 Å². The van der Waals surface area contributed by atoms with Gasteiger partial charge in [-0.05, 0) is 25.0 Å². The summed E-state index contributed by atoms with van der Waals surface area (Å²) in [5, 5.41) is 6.63. The zero-order valence-electron chi connectivity index (χ0n) is 9.96. The van der Waals surface area contributed by atoms with Gasteiger partial charge >= 0.3 is 0 Å². The molecular weight excluding hydrogens is 252 g/mol. The van der Waals surface area contributed by atoms with Gasteiger partial charge in [0, 0.05) is 11.1 Å². The van der Waals surface area contributed by atoms with Crippen molar-refractivity contribution in [1.82, 2.24) is 5.32 Å². The summed E-state index contributed by atoms with van der Waals surface area (Å²) in [6.45, 7) is 0.215. The van der Waals surface area contributed by atoms with E-state index in [0.717, 1.165) is 18.5 Å². The zero-order chi connectivity index (χ0) is 12.5. The lowest BCUT2D eigenvalue weighted by Crippen LogP contribution is -2.33. The average molecular weight is 267 g/mol. The molecule has 0 saturated heterocycles. The Morgan fingerprint density at radius 2 is 2.11 bits per heavy atom. The number of carbonyl (C=O) groups excluding carboxylic acids is 1. The highest BCUT2D eigenvalue weighted by atomic mass is 35.5. The lowest BCUT2D eigenvalue weighted by Gasteiger charge is -2.23. The molecule has 1 heterocycles. The average Bonchev–Trinajstić information content (AvgIpc) is 2.83. The molecule has 0 spiro atoms. The van der Waals surface area contributed by atoms with Crippen molar-refractivity contribution in [2.24, 2.45) is 0 Å². The second-order valence-corrected chi connectivity index (χ2v) is 5.19. The van der Waals surface area contributed by atoms with Gasteiger partial charge in [0.25, 0.3) is 5.91 Å². The molecular formula is C13H15ClN2O2. The lowest BCUT2D eigenvalue weighted by molar-refractivity contribution is 0.0884. The molecule has 5 heteroatoms. The van der Waals surface area contributed by atoms with Crippen LogP contribution in [0.2, 0.25) is 5.02 Å². The second kappa shape index (κ2) is 4.69. The van der Waals surface area contributed by atoms with Crippen LogP contribution in [0.5, 0.6) is 5.75 Å². The fraction of sp³-hybridized carbons (Fsp3) is 0.462. The van der Waals surface area contributed by atoms with Crippen LogP contribution in [0.25, 0.3) is 0 Å². The van der Waals surface area contributed by atoms with Gasteiger partial charge in [0.15, 0.2) is 12.5 Å². The van der Waals surface area contributed by atoms with Gasteiger partial charge in [-0.25, -0.2) is 0 Å². The number of hydrogen-bond donors (Lipinski definition) is 2. The molecule has 1 saturated carbocycles. The molecule has 0 radical (unpaired) electrons. The second-order valence-electron chi connectivity index (χ2n) is 4.75. The molecule has 2 aliphatic rings. The molecule has 0 aromatic heterocycles. The highest BCUT2D eigenvalue weighted by Crippen LogP contribution is 2.36. The van der Waals surface area contributed by atoms with Crippen molar-refractivity contribution in [1.29, 1.82) is 0 Å². The maximum absolute atomic E-state index is 11.7. The highest BCUT2D eigenvalue weighted by molar-refractivity contribution is 6.31. The van der Waals surface area contributed by atoms with Crippen molar-refractivity contribution in [3.05, 3.63) is 22.7 Å². The Balaban J connectivity index is 1.94. The van der Waals surface area contributed by atoms with Crippen LogP contribution in [0.1, 0.15) is 36.0 Å². The van der Waals surface area contributed by atoms with Crippen molar-refractivity contribution >= 4 is 23.2 Å². The minimum Gasteiger partial charge on any atom is -0.470 e. The first-order valence-electron chi connectivity index (χ1n) is 6.25. The van der Waals surface area contributed by atoms with Gasteiger partial charge in [0.2, 0.25) is 0 Å². The largest absolute Gasteiger partial charge is 0.470 e. The van der Waals surface area contributed by atoms with Crippen molar-refractivity contribution in [3.8, 4) is 5.75 Å². The van der Waals surface area contributed by atoms with E-state index in [1.807, 2.05) is 6.07 Å². The maximum Gasteiger partial charge on any atom is 0.257 e. The van der Waals surface area contributed by atoms with E-state index < -0.39 is 0 Å². The molecule has 2 N–H and O–H groups in total. The number of amides is 1. The van der Waals surface area contributed by atoms with Crippen LogP contribution in [0, 0.1) is 0 Å². The van der Waals surface area contributed by atoms with E-state index in [9.17, 15) is 4.79 Å². The number of rotatable bonds is 2. The Kier molecular flexibility index (Phi) is 3.04. The van der Waals surface area contributed by atoms with Crippen LogP contribution >= 0.6 is 11.6 Å². The number of carbonyl (C=O) groups is 1. The Labute approximate surface area is 111 Å². The molecule has 1 amide bonds. The maximum atomic E-state index is 11.7. The third-order valence-corrected chi connectivity index (χ3v) is 3.68. The van der Waals surface area contributed by atoms with Crippen LogP contribution in [0.4, 0.5) is 5.69 Å². The van der Waals surface area contributed by atoms with Gasteiger partial charge in [-0.2, -0.15) is 0 Å². The summed E-state index contributed by atoms with van der Waals surface area (Å²) in [6.07, 6.45) is 4.82. The quantitative estimate of drug-likeness (QED) is 0.865. The van der Waals surface area contributed by atoms with Crippen LogP contribution in [-0.2, 0) is 0 Å². The molecule has 0 bridgehead atoms. The van der Waals surface area contributed by atoms with E-state index in [2.05, 4.69) is 10.6 Å². The first-order valence-corrected chi connectivity index (χ1v) is 6.63. The summed E-state index contributed by atoms with van der Waals surface area (Å²) < 4.78 is 5.54. The predicted molar refractivity (Wildman–Crippen MR) is 70.3 cm³/mol. The molecule has 1 aromatic carbocycles. The highest BCUT2D eigenvalue weighted by Gasteiger charge is 2.24. The summed E-state index contributed by atoms with van der Waals surface area (Å²) >= 11 is 6.06. The molecule has 4 nitrogen and oxygen atoms in total. The molecule has 0 atom stereocenters. The SMILES string of the molecule is O=C1NCOc2c(NC3CCCC3)cc(Cl)cc21. The van der Waals surface area contributed by atoms with Gasteiger partial charge in [0.1, 0.15) is 0 Å². The molecule has 18 heavy (non-hydrogen) atoms. The molecule has 1 fully saturated rings. The number of ether oxygens (including phenoxy) is 1. The standard InChI is InChI=1S/C13H15ClN2O2/c14-8-5-10-12(18-7-15-13(10)17)11(6-8)16-9-3-1-2-4-9/h5-6,9,16H,1-4,7H2,(H,15,17). The van der Waals surface area contributed by atoms with Crippen LogP contribution < -0.4 is 15.4 Å². The number of hydrogen-bond acceptors (Lipinski definition) is 3. The third-order valence-electron chi connectivity index (χ3n) is 3.46. The lowest BCUT2D eigenvalue weighted by atomic mass is 10.1. The van der Waals surface area contributed by atoms with E-state index >= 15 is 0 Å². The molecule has 3 rings (SSSR count). The van der Waals surface area contributed by atoms with Crippen molar-refractivity contribution in [3.63, 3.8) is 0 Å². The molecule has 96 valence electrons. The van der Waals surface area contributed by atoms with Gasteiger partial charge < -0.3 is 15.4 Å². The normalized spacial score (nSPS) is 19.1. The summed E-state index contributed by atoms with van der Waals surface area (Å²) in [5.41, 5.74) is 1.34. The number of nitrogens with one attached hydrogen (secondary N) is 2. The monoisotopic (exact) mass is 266 g/mol. The fourth-order valence-corrected chi connectivity index (χ4v) is 2.80.